The number of aliphatic hydroxyl groups is 1. The number of rotatable bonds is 3. The third-order valence-electron chi connectivity index (χ3n) is 6.35. The zero-order valence-electron chi connectivity index (χ0n) is 16.4. The first kappa shape index (κ1) is 17.7. The second-order valence-corrected chi connectivity index (χ2v) is 9.23. The largest absolute Gasteiger partial charge is 0.381 e. The number of aromatic nitrogens is 4. The Balaban J connectivity index is 1.58. The predicted molar refractivity (Wildman–Crippen MR) is 101 cm³/mol. The summed E-state index contributed by atoms with van der Waals surface area (Å²) in [6, 6.07) is 0. The molecule has 2 fully saturated rings. The third-order valence-corrected chi connectivity index (χ3v) is 6.35. The molecule has 0 amide bonds. The Morgan fingerprint density at radius 1 is 1.27 bits per heavy atom. The minimum atomic E-state index is -0.795. The maximum Gasteiger partial charge on any atom is 0.141 e. The molecule has 4 rings (SSSR count). The van der Waals surface area contributed by atoms with Gasteiger partial charge in [-0.1, -0.05) is 27.2 Å². The number of imidazole rings is 1. The smallest absolute Gasteiger partial charge is 0.141 e. The molecule has 0 spiro atoms. The van der Waals surface area contributed by atoms with Crippen LogP contribution in [0.1, 0.15) is 57.1 Å². The lowest BCUT2D eigenvalue weighted by atomic mass is 9.65. The molecule has 0 radical (unpaired) electrons. The van der Waals surface area contributed by atoms with E-state index in [0.717, 1.165) is 38.3 Å². The van der Waals surface area contributed by atoms with Crippen LogP contribution in [0.2, 0.25) is 0 Å². The summed E-state index contributed by atoms with van der Waals surface area (Å²) in [5.41, 5.74) is 1.76. The third kappa shape index (κ3) is 2.79. The summed E-state index contributed by atoms with van der Waals surface area (Å²) in [5.74, 6) is 1.31. The Morgan fingerprint density at radius 3 is 2.54 bits per heavy atom. The number of hydrogen-bond acceptors (Lipinski definition) is 4. The zero-order chi connectivity index (χ0) is 18.5. The van der Waals surface area contributed by atoms with E-state index in [2.05, 4.69) is 40.9 Å². The van der Waals surface area contributed by atoms with E-state index in [-0.39, 0.29) is 17.3 Å². The van der Waals surface area contributed by atoms with Crippen molar-refractivity contribution in [2.75, 3.05) is 13.1 Å². The van der Waals surface area contributed by atoms with Crippen LogP contribution in [0, 0.1) is 11.8 Å². The molecular weight excluding hydrogens is 326 g/mol. The summed E-state index contributed by atoms with van der Waals surface area (Å²) >= 11 is 0. The van der Waals surface area contributed by atoms with Gasteiger partial charge in [-0.2, -0.15) is 5.10 Å². The van der Waals surface area contributed by atoms with Gasteiger partial charge in [0.2, 0.25) is 0 Å². The standard InChI is InChI=1S/C20H31N5O/c1-19(2,3)17-14(10-22-23-17)11-25-12-15-6-5-7-16(13-25)20(15,26)18-21-8-9-24(18)4/h8-10,15-16,26H,5-7,11-13H2,1-4H3,(H,22,23). The highest BCUT2D eigenvalue weighted by Crippen LogP contribution is 2.48. The van der Waals surface area contributed by atoms with Gasteiger partial charge in [-0.15, -0.1) is 0 Å². The molecule has 2 aromatic rings. The monoisotopic (exact) mass is 357 g/mol. The molecule has 142 valence electrons. The van der Waals surface area contributed by atoms with Crippen LogP contribution >= 0.6 is 0 Å². The van der Waals surface area contributed by atoms with E-state index >= 15 is 0 Å². The fourth-order valence-corrected chi connectivity index (χ4v) is 5.11. The highest BCUT2D eigenvalue weighted by Gasteiger charge is 2.53. The summed E-state index contributed by atoms with van der Waals surface area (Å²) in [6.45, 7) is 9.37. The first-order valence-electron chi connectivity index (χ1n) is 9.75. The van der Waals surface area contributed by atoms with E-state index < -0.39 is 5.60 Å². The van der Waals surface area contributed by atoms with E-state index in [1.165, 1.54) is 17.7 Å². The number of aryl methyl sites for hydroxylation is 1. The van der Waals surface area contributed by atoms with Gasteiger partial charge in [0.1, 0.15) is 11.4 Å². The highest BCUT2D eigenvalue weighted by atomic mass is 16.3. The van der Waals surface area contributed by atoms with Crippen LogP contribution in [0.25, 0.3) is 0 Å². The molecule has 2 aliphatic rings. The maximum atomic E-state index is 11.7. The average Bonchev–Trinajstić information content (AvgIpc) is 3.17. The van der Waals surface area contributed by atoms with Crippen molar-refractivity contribution in [1.29, 1.82) is 0 Å². The zero-order valence-corrected chi connectivity index (χ0v) is 16.4. The van der Waals surface area contributed by atoms with Crippen LogP contribution in [0.5, 0.6) is 0 Å². The molecule has 1 saturated carbocycles. The Bertz CT molecular complexity index is 757. The average molecular weight is 358 g/mol. The van der Waals surface area contributed by atoms with Crippen LogP contribution in [0.3, 0.4) is 0 Å². The number of hydrogen-bond donors (Lipinski definition) is 2. The van der Waals surface area contributed by atoms with Gasteiger partial charge in [-0.3, -0.25) is 10.00 Å². The van der Waals surface area contributed by atoms with Gasteiger partial charge in [0.15, 0.2) is 0 Å². The fraction of sp³-hybridized carbons (Fsp3) is 0.700. The molecule has 2 atom stereocenters. The fourth-order valence-electron chi connectivity index (χ4n) is 5.11. The Morgan fingerprint density at radius 2 is 1.96 bits per heavy atom. The van der Waals surface area contributed by atoms with Crippen molar-refractivity contribution >= 4 is 0 Å². The lowest BCUT2D eigenvalue weighted by Crippen LogP contribution is -2.58. The van der Waals surface area contributed by atoms with Crippen molar-refractivity contribution in [2.24, 2.45) is 18.9 Å². The number of fused-ring (bicyclic) bond motifs is 2. The van der Waals surface area contributed by atoms with Crippen LogP contribution in [0.15, 0.2) is 18.6 Å². The van der Waals surface area contributed by atoms with Crippen molar-refractivity contribution in [3.8, 4) is 0 Å². The van der Waals surface area contributed by atoms with Crippen LogP contribution in [-0.4, -0.2) is 42.8 Å². The summed E-state index contributed by atoms with van der Waals surface area (Å²) < 4.78 is 1.99. The summed E-state index contributed by atoms with van der Waals surface area (Å²) in [6.07, 6.45) is 9.04. The molecule has 2 aromatic heterocycles. The summed E-state index contributed by atoms with van der Waals surface area (Å²) in [4.78, 5) is 7.03. The Labute approximate surface area is 155 Å². The number of nitrogens with zero attached hydrogens (tertiary/aromatic N) is 4. The molecule has 0 aromatic carbocycles. The molecule has 2 N–H and O–H groups in total. The molecule has 3 heterocycles. The van der Waals surface area contributed by atoms with E-state index in [1.807, 2.05) is 24.0 Å². The van der Waals surface area contributed by atoms with Crippen molar-refractivity contribution in [1.82, 2.24) is 24.6 Å². The first-order chi connectivity index (χ1) is 12.3. The van der Waals surface area contributed by atoms with Gasteiger partial charge in [-0.25, -0.2) is 4.98 Å². The van der Waals surface area contributed by atoms with Gasteiger partial charge in [-0.05, 0) is 12.8 Å². The van der Waals surface area contributed by atoms with Crippen molar-refractivity contribution < 1.29 is 5.11 Å². The normalized spacial score (nSPS) is 29.9. The molecule has 2 bridgehead atoms. The molecule has 2 unspecified atom stereocenters. The Kier molecular flexibility index (Phi) is 4.23. The second kappa shape index (κ2) is 6.20. The van der Waals surface area contributed by atoms with Crippen LogP contribution in [-0.2, 0) is 24.6 Å². The summed E-state index contributed by atoms with van der Waals surface area (Å²) in [5, 5.41) is 19.2. The van der Waals surface area contributed by atoms with E-state index in [9.17, 15) is 5.11 Å². The van der Waals surface area contributed by atoms with Crippen molar-refractivity contribution in [3.05, 3.63) is 35.7 Å². The van der Waals surface area contributed by atoms with Gasteiger partial charge < -0.3 is 9.67 Å². The number of nitrogens with one attached hydrogen (secondary N) is 1. The van der Waals surface area contributed by atoms with Crippen molar-refractivity contribution in [2.45, 2.75) is 57.6 Å². The van der Waals surface area contributed by atoms with E-state index in [1.54, 1.807) is 6.20 Å². The SMILES string of the molecule is Cn1ccnc1C1(O)C2CCCC1CN(Cc1cn[nH]c1C(C)(C)C)C2. The first-order valence-corrected chi connectivity index (χ1v) is 9.75. The number of likely N-dealkylation sites (tertiary alicyclic amines) is 1. The van der Waals surface area contributed by atoms with Crippen molar-refractivity contribution in [3.63, 3.8) is 0 Å². The molecular formula is C20H31N5O. The van der Waals surface area contributed by atoms with Crippen LogP contribution < -0.4 is 0 Å². The number of piperidine rings is 1. The highest BCUT2D eigenvalue weighted by molar-refractivity contribution is 5.24. The lowest BCUT2D eigenvalue weighted by molar-refractivity contribution is -0.155. The molecule has 1 saturated heterocycles. The molecule has 6 heteroatoms. The minimum Gasteiger partial charge on any atom is -0.381 e. The van der Waals surface area contributed by atoms with Crippen LogP contribution in [0.4, 0.5) is 0 Å². The van der Waals surface area contributed by atoms with E-state index in [4.69, 9.17) is 0 Å². The quantitative estimate of drug-likeness (QED) is 0.886. The molecule has 1 aliphatic carbocycles. The predicted octanol–water partition coefficient (Wildman–Crippen LogP) is 2.56. The number of H-pyrrole nitrogens is 1. The van der Waals surface area contributed by atoms with Gasteiger partial charge in [0.05, 0.1) is 6.20 Å². The van der Waals surface area contributed by atoms with Gasteiger partial charge >= 0.3 is 0 Å². The topological polar surface area (TPSA) is 70.0 Å². The Hall–Kier alpha value is -1.66. The number of aromatic amines is 1. The van der Waals surface area contributed by atoms with E-state index in [0.29, 0.717) is 0 Å². The molecule has 26 heavy (non-hydrogen) atoms. The van der Waals surface area contributed by atoms with Gasteiger partial charge in [0, 0.05) is 67.6 Å². The summed E-state index contributed by atoms with van der Waals surface area (Å²) in [7, 11) is 1.99. The maximum absolute atomic E-state index is 11.7. The lowest BCUT2D eigenvalue weighted by Gasteiger charge is -2.52. The minimum absolute atomic E-state index is 0.0607. The second-order valence-electron chi connectivity index (χ2n) is 9.23. The molecule has 6 nitrogen and oxygen atoms in total. The van der Waals surface area contributed by atoms with Gasteiger partial charge in [0.25, 0.3) is 0 Å². The molecule has 1 aliphatic heterocycles.